The Kier molecular flexibility index (Phi) is 6.07. The van der Waals surface area contributed by atoms with Gasteiger partial charge in [-0.05, 0) is 56.3 Å². The molecular weight excluding hydrogens is 424 g/mol. The summed E-state index contributed by atoms with van der Waals surface area (Å²) >= 11 is 0. The van der Waals surface area contributed by atoms with E-state index in [1.165, 1.54) is 0 Å². The number of hydrogen-bond donors (Lipinski definition) is 2. The van der Waals surface area contributed by atoms with Crippen LogP contribution in [0.3, 0.4) is 0 Å². The van der Waals surface area contributed by atoms with Crippen molar-refractivity contribution < 1.29 is 13.2 Å². The van der Waals surface area contributed by atoms with Crippen molar-refractivity contribution in [2.75, 3.05) is 13.1 Å². The average molecular weight is 449 g/mol. The zero-order valence-corrected chi connectivity index (χ0v) is 18.7. The van der Waals surface area contributed by atoms with Crippen LogP contribution >= 0.6 is 0 Å². The zero-order chi connectivity index (χ0) is 22.7. The van der Waals surface area contributed by atoms with Gasteiger partial charge in [0.05, 0.1) is 15.9 Å². The standard InChI is InChI=1S/C24H24N4O3S/c1-17-8-11-21(12-9-17)32(30,31)26-15-14-25-24(29)19-10-13-23-22(16-19)27-18(2)28(23)20-6-4-3-5-7-20/h3-13,16,26H,14-15H2,1-2H3,(H,25,29). The van der Waals surface area contributed by atoms with Gasteiger partial charge in [0, 0.05) is 24.3 Å². The van der Waals surface area contributed by atoms with E-state index in [-0.39, 0.29) is 23.9 Å². The summed E-state index contributed by atoms with van der Waals surface area (Å²) in [5.41, 5.74) is 4.09. The predicted molar refractivity (Wildman–Crippen MR) is 125 cm³/mol. The van der Waals surface area contributed by atoms with Crippen LogP contribution in [0.1, 0.15) is 21.7 Å². The number of rotatable bonds is 7. The van der Waals surface area contributed by atoms with Crippen LogP contribution in [0.4, 0.5) is 0 Å². The Morgan fingerprint density at radius 2 is 1.66 bits per heavy atom. The van der Waals surface area contributed by atoms with E-state index in [1.54, 1.807) is 36.4 Å². The maximum Gasteiger partial charge on any atom is 0.251 e. The molecule has 0 spiro atoms. The van der Waals surface area contributed by atoms with Gasteiger partial charge in [0.2, 0.25) is 10.0 Å². The number of aryl methyl sites for hydroxylation is 2. The van der Waals surface area contributed by atoms with Gasteiger partial charge in [-0.25, -0.2) is 18.1 Å². The van der Waals surface area contributed by atoms with E-state index < -0.39 is 10.0 Å². The maximum absolute atomic E-state index is 12.6. The van der Waals surface area contributed by atoms with Crippen molar-refractivity contribution in [1.82, 2.24) is 19.6 Å². The molecule has 0 unspecified atom stereocenters. The first-order valence-electron chi connectivity index (χ1n) is 10.2. The summed E-state index contributed by atoms with van der Waals surface area (Å²) in [5, 5.41) is 2.75. The summed E-state index contributed by atoms with van der Waals surface area (Å²) < 4.78 is 29.2. The molecule has 0 aliphatic rings. The minimum absolute atomic E-state index is 0.0892. The van der Waals surface area contributed by atoms with Crippen molar-refractivity contribution in [3.05, 3.63) is 89.7 Å². The quantitative estimate of drug-likeness (QED) is 0.424. The lowest BCUT2D eigenvalue weighted by Crippen LogP contribution is -2.34. The highest BCUT2D eigenvalue weighted by Crippen LogP contribution is 2.22. The Hall–Kier alpha value is -3.49. The number of imidazole rings is 1. The Bertz CT molecular complexity index is 1360. The molecular formula is C24H24N4O3S. The number of carbonyl (C=O) groups is 1. The highest BCUT2D eigenvalue weighted by Gasteiger charge is 2.15. The van der Waals surface area contributed by atoms with E-state index in [9.17, 15) is 13.2 Å². The van der Waals surface area contributed by atoms with E-state index in [4.69, 9.17) is 0 Å². The Labute approximate surface area is 187 Å². The summed E-state index contributed by atoms with van der Waals surface area (Å²) in [5.74, 6) is 0.544. The van der Waals surface area contributed by atoms with Crippen molar-refractivity contribution in [2.45, 2.75) is 18.7 Å². The topological polar surface area (TPSA) is 93.1 Å². The number of carbonyl (C=O) groups excluding carboxylic acids is 1. The molecule has 0 aliphatic carbocycles. The third-order valence-electron chi connectivity index (χ3n) is 5.13. The first-order chi connectivity index (χ1) is 15.3. The SMILES string of the molecule is Cc1ccc(S(=O)(=O)NCCNC(=O)c2ccc3c(c2)nc(C)n3-c2ccccc2)cc1. The number of sulfonamides is 1. The van der Waals surface area contributed by atoms with Crippen molar-refractivity contribution in [2.24, 2.45) is 0 Å². The minimum atomic E-state index is -3.61. The first-order valence-corrected chi connectivity index (χ1v) is 11.7. The second kappa shape index (κ2) is 8.94. The van der Waals surface area contributed by atoms with Crippen LogP contribution in [0.25, 0.3) is 16.7 Å². The number of para-hydroxylation sites is 1. The fourth-order valence-corrected chi connectivity index (χ4v) is 4.54. The maximum atomic E-state index is 12.6. The molecule has 0 aliphatic heterocycles. The molecule has 0 radical (unpaired) electrons. The third-order valence-corrected chi connectivity index (χ3v) is 6.61. The zero-order valence-electron chi connectivity index (χ0n) is 17.9. The number of benzene rings is 3. The molecule has 0 saturated carbocycles. The second-order valence-electron chi connectivity index (χ2n) is 7.50. The van der Waals surface area contributed by atoms with Crippen molar-refractivity contribution in [1.29, 1.82) is 0 Å². The monoisotopic (exact) mass is 448 g/mol. The molecule has 3 aromatic carbocycles. The lowest BCUT2D eigenvalue weighted by atomic mass is 10.2. The molecule has 0 bridgehead atoms. The van der Waals surface area contributed by atoms with Gasteiger partial charge >= 0.3 is 0 Å². The van der Waals surface area contributed by atoms with Gasteiger partial charge < -0.3 is 5.32 Å². The van der Waals surface area contributed by atoms with Crippen LogP contribution in [0.15, 0.2) is 77.7 Å². The van der Waals surface area contributed by atoms with Gasteiger partial charge in [0.25, 0.3) is 5.91 Å². The smallest absolute Gasteiger partial charge is 0.251 e. The van der Waals surface area contributed by atoms with Crippen LogP contribution < -0.4 is 10.0 Å². The van der Waals surface area contributed by atoms with Gasteiger partial charge in [-0.3, -0.25) is 9.36 Å². The largest absolute Gasteiger partial charge is 0.351 e. The Morgan fingerprint density at radius 1 is 0.938 bits per heavy atom. The molecule has 32 heavy (non-hydrogen) atoms. The molecule has 8 heteroatoms. The normalized spacial score (nSPS) is 11.6. The summed E-state index contributed by atoms with van der Waals surface area (Å²) in [6.07, 6.45) is 0. The van der Waals surface area contributed by atoms with Crippen LogP contribution in [0, 0.1) is 13.8 Å². The molecule has 164 valence electrons. The minimum Gasteiger partial charge on any atom is -0.351 e. The number of nitrogens with zero attached hydrogens (tertiary/aromatic N) is 2. The molecule has 0 atom stereocenters. The molecule has 1 aromatic heterocycles. The number of fused-ring (bicyclic) bond motifs is 1. The van der Waals surface area contributed by atoms with E-state index in [0.717, 1.165) is 28.1 Å². The molecule has 1 heterocycles. The summed E-state index contributed by atoms with van der Waals surface area (Å²) in [7, 11) is -3.61. The molecule has 7 nitrogen and oxygen atoms in total. The van der Waals surface area contributed by atoms with E-state index >= 15 is 0 Å². The molecule has 0 saturated heterocycles. The Balaban J connectivity index is 1.40. The van der Waals surface area contributed by atoms with Gasteiger partial charge in [0.1, 0.15) is 5.82 Å². The van der Waals surface area contributed by atoms with Gasteiger partial charge in [-0.2, -0.15) is 0 Å². The van der Waals surface area contributed by atoms with E-state index in [2.05, 4.69) is 15.0 Å². The van der Waals surface area contributed by atoms with Gasteiger partial charge in [-0.15, -0.1) is 0 Å². The lowest BCUT2D eigenvalue weighted by Gasteiger charge is -2.09. The van der Waals surface area contributed by atoms with Crippen LogP contribution in [0.2, 0.25) is 0 Å². The van der Waals surface area contributed by atoms with E-state index in [0.29, 0.717) is 5.56 Å². The lowest BCUT2D eigenvalue weighted by molar-refractivity contribution is 0.0954. The van der Waals surface area contributed by atoms with Crippen molar-refractivity contribution in [3.63, 3.8) is 0 Å². The van der Waals surface area contributed by atoms with Crippen molar-refractivity contribution in [3.8, 4) is 5.69 Å². The highest BCUT2D eigenvalue weighted by atomic mass is 32.2. The van der Waals surface area contributed by atoms with Crippen molar-refractivity contribution >= 4 is 27.0 Å². The van der Waals surface area contributed by atoms with Crippen LogP contribution in [-0.4, -0.2) is 37.0 Å². The fourth-order valence-electron chi connectivity index (χ4n) is 3.51. The predicted octanol–water partition coefficient (Wildman–Crippen LogP) is 3.35. The molecule has 2 N–H and O–H groups in total. The number of aromatic nitrogens is 2. The number of amides is 1. The summed E-state index contributed by atoms with van der Waals surface area (Å²) in [6, 6.07) is 21.9. The van der Waals surface area contributed by atoms with Gasteiger partial charge in [-0.1, -0.05) is 35.9 Å². The van der Waals surface area contributed by atoms with Crippen LogP contribution in [0.5, 0.6) is 0 Å². The van der Waals surface area contributed by atoms with E-state index in [1.807, 2.05) is 54.8 Å². The molecule has 4 aromatic rings. The first kappa shape index (κ1) is 21.7. The number of hydrogen-bond acceptors (Lipinski definition) is 4. The molecule has 4 rings (SSSR count). The fraction of sp³-hybridized carbons (Fsp3) is 0.167. The highest BCUT2D eigenvalue weighted by molar-refractivity contribution is 7.89. The number of nitrogens with one attached hydrogen (secondary N) is 2. The van der Waals surface area contributed by atoms with Gasteiger partial charge in [0.15, 0.2) is 0 Å². The molecule has 1 amide bonds. The molecule has 0 fully saturated rings. The summed E-state index contributed by atoms with van der Waals surface area (Å²) in [6.45, 7) is 4.07. The van der Waals surface area contributed by atoms with Crippen LogP contribution in [-0.2, 0) is 10.0 Å². The average Bonchev–Trinajstić information content (AvgIpc) is 3.12. The summed E-state index contributed by atoms with van der Waals surface area (Å²) in [4.78, 5) is 17.3. The second-order valence-corrected chi connectivity index (χ2v) is 9.27. The third kappa shape index (κ3) is 4.56. The Morgan fingerprint density at radius 3 is 2.38 bits per heavy atom.